The Balaban J connectivity index is 2.11. The van der Waals surface area contributed by atoms with Gasteiger partial charge in [-0.2, -0.15) is 11.3 Å². The Morgan fingerprint density at radius 3 is 2.87 bits per heavy atom. The number of halogens is 1. The van der Waals surface area contributed by atoms with Crippen molar-refractivity contribution in [3.05, 3.63) is 45.0 Å². The molecule has 0 saturated carbocycles. The maximum atomic E-state index is 5.51. The van der Waals surface area contributed by atoms with Gasteiger partial charge in [-0.1, -0.05) is 0 Å². The minimum atomic E-state index is 0.0194. The van der Waals surface area contributed by atoms with Crippen molar-refractivity contribution in [3.8, 4) is 0 Å². The van der Waals surface area contributed by atoms with Gasteiger partial charge in [0, 0.05) is 0 Å². The molecule has 3 N–H and O–H groups in total. The summed E-state index contributed by atoms with van der Waals surface area (Å²) in [5.74, 6) is 6.35. The topological polar surface area (TPSA) is 51.2 Å². The van der Waals surface area contributed by atoms with E-state index in [9.17, 15) is 0 Å². The number of hydrazine groups is 1. The van der Waals surface area contributed by atoms with Crippen molar-refractivity contribution in [1.82, 2.24) is 5.43 Å². The summed E-state index contributed by atoms with van der Waals surface area (Å²) in [5.41, 5.74) is 4.02. The summed E-state index contributed by atoms with van der Waals surface area (Å²) in [7, 11) is 0. The molecule has 0 aliphatic heterocycles. The van der Waals surface area contributed by atoms with Gasteiger partial charge in [-0.25, -0.2) is 5.43 Å². The first kappa shape index (κ1) is 10.9. The zero-order valence-electron chi connectivity index (χ0n) is 7.94. The summed E-state index contributed by atoms with van der Waals surface area (Å²) < 4.78 is 6.19. The largest absolute Gasteiger partial charge is 0.453 e. The fourth-order valence-electron chi connectivity index (χ4n) is 1.40. The van der Waals surface area contributed by atoms with E-state index in [0.717, 1.165) is 16.9 Å². The Labute approximate surface area is 100 Å². The molecule has 0 fully saturated rings. The number of thiophene rings is 1. The van der Waals surface area contributed by atoms with Gasteiger partial charge in [0.05, 0.1) is 6.04 Å². The number of rotatable bonds is 4. The lowest BCUT2D eigenvalue weighted by Gasteiger charge is -2.11. The second-order valence-corrected chi connectivity index (χ2v) is 4.76. The van der Waals surface area contributed by atoms with Crippen LogP contribution in [0.25, 0.3) is 0 Å². The predicted molar refractivity (Wildman–Crippen MR) is 64.5 cm³/mol. The summed E-state index contributed by atoms with van der Waals surface area (Å²) in [4.78, 5) is 0. The number of hydrogen-bond acceptors (Lipinski definition) is 4. The third kappa shape index (κ3) is 2.69. The van der Waals surface area contributed by atoms with Crippen LogP contribution in [-0.2, 0) is 6.42 Å². The van der Waals surface area contributed by atoms with E-state index in [4.69, 9.17) is 10.3 Å². The summed E-state index contributed by atoms with van der Waals surface area (Å²) in [6.45, 7) is 0. The molecule has 15 heavy (non-hydrogen) atoms. The molecular weight excluding hydrogens is 276 g/mol. The minimum absolute atomic E-state index is 0.0194. The standard InChI is InChI=1S/C10H11BrN2OS/c11-10-2-1-9(14-10)8(13-12)5-7-3-4-15-6-7/h1-4,6,8,13H,5,12H2. The summed E-state index contributed by atoms with van der Waals surface area (Å²) in [5, 5.41) is 4.17. The molecule has 0 amide bonds. The Morgan fingerprint density at radius 1 is 1.47 bits per heavy atom. The van der Waals surface area contributed by atoms with Gasteiger partial charge in [0.25, 0.3) is 0 Å². The Bertz CT molecular complexity index is 413. The molecule has 5 heteroatoms. The third-order valence-corrected chi connectivity index (χ3v) is 3.32. The van der Waals surface area contributed by atoms with Crippen LogP contribution >= 0.6 is 27.3 Å². The smallest absolute Gasteiger partial charge is 0.169 e. The molecule has 0 spiro atoms. The van der Waals surface area contributed by atoms with E-state index in [1.165, 1.54) is 5.56 Å². The van der Waals surface area contributed by atoms with Crippen molar-refractivity contribution >= 4 is 27.3 Å². The molecule has 2 heterocycles. The Hall–Kier alpha value is -0.620. The van der Waals surface area contributed by atoms with Crippen molar-refractivity contribution < 1.29 is 4.42 Å². The molecule has 2 aromatic rings. The highest BCUT2D eigenvalue weighted by Gasteiger charge is 2.14. The molecule has 0 radical (unpaired) electrons. The van der Waals surface area contributed by atoms with Crippen LogP contribution in [0.4, 0.5) is 0 Å². The van der Waals surface area contributed by atoms with Gasteiger partial charge in [-0.15, -0.1) is 0 Å². The lowest BCUT2D eigenvalue weighted by Crippen LogP contribution is -2.29. The third-order valence-electron chi connectivity index (χ3n) is 2.16. The number of nitrogens with two attached hydrogens (primary N) is 1. The van der Waals surface area contributed by atoms with Crippen LogP contribution in [0.15, 0.2) is 38.0 Å². The molecule has 3 nitrogen and oxygen atoms in total. The summed E-state index contributed by atoms with van der Waals surface area (Å²) in [6.07, 6.45) is 0.833. The zero-order chi connectivity index (χ0) is 10.7. The molecule has 0 saturated heterocycles. The second-order valence-electron chi connectivity index (χ2n) is 3.20. The molecule has 2 rings (SSSR count). The van der Waals surface area contributed by atoms with E-state index in [2.05, 4.69) is 38.2 Å². The normalized spacial score (nSPS) is 12.9. The molecule has 0 aliphatic carbocycles. The molecule has 80 valence electrons. The first-order valence-electron chi connectivity index (χ1n) is 4.52. The van der Waals surface area contributed by atoms with Crippen LogP contribution in [0, 0.1) is 0 Å². The van der Waals surface area contributed by atoms with Gasteiger partial charge in [0.1, 0.15) is 5.76 Å². The highest BCUT2D eigenvalue weighted by Crippen LogP contribution is 2.23. The lowest BCUT2D eigenvalue weighted by molar-refractivity contribution is 0.405. The lowest BCUT2D eigenvalue weighted by atomic mass is 10.1. The minimum Gasteiger partial charge on any atom is -0.453 e. The molecule has 0 aliphatic rings. The van der Waals surface area contributed by atoms with Crippen molar-refractivity contribution in [3.63, 3.8) is 0 Å². The van der Waals surface area contributed by atoms with Crippen LogP contribution in [0.1, 0.15) is 17.4 Å². The van der Waals surface area contributed by atoms with Crippen molar-refractivity contribution in [2.45, 2.75) is 12.5 Å². The fraction of sp³-hybridized carbons (Fsp3) is 0.200. The monoisotopic (exact) mass is 286 g/mol. The van der Waals surface area contributed by atoms with E-state index in [0.29, 0.717) is 0 Å². The number of hydrogen-bond donors (Lipinski definition) is 2. The van der Waals surface area contributed by atoms with Crippen molar-refractivity contribution in [2.75, 3.05) is 0 Å². The van der Waals surface area contributed by atoms with E-state index in [-0.39, 0.29) is 6.04 Å². The second kappa shape index (κ2) is 4.94. The van der Waals surface area contributed by atoms with Crippen molar-refractivity contribution in [1.29, 1.82) is 0 Å². The molecule has 2 aromatic heterocycles. The average molecular weight is 287 g/mol. The van der Waals surface area contributed by atoms with Crippen LogP contribution in [0.2, 0.25) is 0 Å². The molecule has 1 unspecified atom stereocenters. The summed E-state index contributed by atoms with van der Waals surface area (Å²) >= 11 is 4.96. The fourth-order valence-corrected chi connectivity index (χ4v) is 2.40. The van der Waals surface area contributed by atoms with Gasteiger partial charge < -0.3 is 4.42 Å². The first-order chi connectivity index (χ1) is 7.29. The van der Waals surface area contributed by atoms with Gasteiger partial charge in [0.2, 0.25) is 0 Å². The maximum absolute atomic E-state index is 5.51. The first-order valence-corrected chi connectivity index (χ1v) is 6.25. The van der Waals surface area contributed by atoms with E-state index in [1.54, 1.807) is 11.3 Å². The van der Waals surface area contributed by atoms with Gasteiger partial charge in [0.15, 0.2) is 4.67 Å². The molecule has 0 aromatic carbocycles. The van der Waals surface area contributed by atoms with Crippen molar-refractivity contribution in [2.24, 2.45) is 5.84 Å². The van der Waals surface area contributed by atoms with Gasteiger partial charge in [-0.05, 0) is 56.9 Å². The van der Waals surface area contributed by atoms with Gasteiger partial charge in [-0.3, -0.25) is 5.84 Å². The highest BCUT2D eigenvalue weighted by atomic mass is 79.9. The predicted octanol–water partition coefficient (Wildman–Crippen LogP) is 2.85. The zero-order valence-corrected chi connectivity index (χ0v) is 10.3. The van der Waals surface area contributed by atoms with E-state index >= 15 is 0 Å². The van der Waals surface area contributed by atoms with E-state index in [1.807, 2.05) is 12.1 Å². The SMILES string of the molecule is NNC(Cc1ccsc1)c1ccc(Br)o1. The number of nitrogens with one attached hydrogen (secondary N) is 1. The average Bonchev–Trinajstić information content (AvgIpc) is 2.85. The van der Waals surface area contributed by atoms with Gasteiger partial charge >= 0.3 is 0 Å². The summed E-state index contributed by atoms with van der Waals surface area (Å²) in [6, 6.07) is 5.90. The molecule has 1 atom stereocenters. The van der Waals surface area contributed by atoms with Crippen LogP contribution < -0.4 is 11.3 Å². The Morgan fingerprint density at radius 2 is 2.33 bits per heavy atom. The molecular formula is C10H11BrN2OS. The quantitative estimate of drug-likeness (QED) is 0.671. The van der Waals surface area contributed by atoms with Crippen LogP contribution in [0.5, 0.6) is 0 Å². The van der Waals surface area contributed by atoms with Crippen LogP contribution in [-0.4, -0.2) is 0 Å². The maximum Gasteiger partial charge on any atom is 0.169 e. The number of furan rings is 1. The van der Waals surface area contributed by atoms with Crippen LogP contribution in [0.3, 0.4) is 0 Å². The van der Waals surface area contributed by atoms with E-state index < -0.39 is 0 Å². The Kier molecular flexibility index (Phi) is 3.58. The highest BCUT2D eigenvalue weighted by molar-refractivity contribution is 9.10. The molecule has 0 bridgehead atoms.